The zero-order chi connectivity index (χ0) is 17.0. The Hall–Kier alpha value is -2.80. The minimum absolute atomic E-state index is 0.0558. The molecule has 0 aliphatic heterocycles. The molecule has 2 heterocycles. The molecule has 0 saturated heterocycles. The lowest BCUT2D eigenvalue weighted by atomic mass is 9.85. The first kappa shape index (κ1) is 15.1. The summed E-state index contributed by atoms with van der Waals surface area (Å²) >= 11 is 0. The number of carbonyl (C=O) groups excluding carboxylic acids is 2. The van der Waals surface area contributed by atoms with E-state index in [0.29, 0.717) is 11.1 Å². The van der Waals surface area contributed by atoms with Crippen molar-refractivity contribution in [3.63, 3.8) is 0 Å². The average Bonchev–Trinajstić information content (AvgIpc) is 2.47. The van der Waals surface area contributed by atoms with E-state index < -0.39 is 29.4 Å². The van der Waals surface area contributed by atoms with E-state index in [2.05, 4.69) is 0 Å². The standard InChI is InChI=1S/C16H14N2O5/c1-7-4-9(20)17(3)13-11(7)15(22)12-8(2)5-10(21)18(6-19)14(12)16(13)23/h4-5,19H,6H2,1-3H3. The van der Waals surface area contributed by atoms with E-state index in [1.165, 1.54) is 19.2 Å². The second-order valence-electron chi connectivity index (χ2n) is 5.57. The van der Waals surface area contributed by atoms with Crippen LogP contribution in [0, 0.1) is 13.8 Å². The van der Waals surface area contributed by atoms with Gasteiger partial charge in [-0.1, -0.05) is 0 Å². The van der Waals surface area contributed by atoms with Gasteiger partial charge >= 0.3 is 0 Å². The third-order valence-electron chi connectivity index (χ3n) is 4.17. The molecule has 118 valence electrons. The number of hydrogen-bond acceptors (Lipinski definition) is 5. The van der Waals surface area contributed by atoms with Crippen LogP contribution in [0.4, 0.5) is 0 Å². The maximum Gasteiger partial charge on any atom is 0.253 e. The van der Waals surface area contributed by atoms with Crippen LogP contribution in [0.2, 0.25) is 0 Å². The summed E-state index contributed by atoms with van der Waals surface area (Å²) in [5.41, 5.74) is -0.188. The van der Waals surface area contributed by atoms with Crippen LogP contribution in [0.25, 0.3) is 0 Å². The second kappa shape index (κ2) is 4.85. The van der Waals surface area contributed by atoms with Crippen LogP contribution in [0.1, 0.15) is 43.2 Å². The summed E-state index contributed by atoms with van der Waals surface area (Å²) in [5.74, 6) is -1.05. The number of aromatic nitrogens is 2. The van der Waals surface area contributed by atoms with Crippen LogP contribution >= 0.6 is 0 Å². The molecule has 2 aromatic rings. The molecule has 0 atom stereocenters. The van der Waals surface area contributed by atoms with Gasteiger partial charge in [0.1, 0.15) is 18.1 Å². The van der Waals surface area contributed by atoms with E-state index in [1.807, 2.05) is 0 Å². The van der Waals surface area contributed by atoms with Crippen molar-refractivity contribution >= 4 is 11.6 Å². The number of pyridine rings is 2. The van der Waals surface area contributed by atoms with Crippen LogP contribution in [0.15, 0.2) is 21.7 Å². The second-order valence-corrected chi connectivity index (χ2v) is 5.57. The zero-order valence-corrected chi connectivity index (χ0v) is 12.8. The number of rotatable bonds is 1. The molecule has 0 bridgehead atoms. The van der Waals surface area contributed by atoms with E-state index in [-0.39, 0.29) is 22.5 Å². The van der Waals surface area contributed by atoms with Crippen molar-refractivity contribution in [3.8, 4) is 0 Å². The van der Waals surface area contributed by atoms with Crippen LogP contribution in [-0.2, 0) is 13.8 Å². The fraction of sp³-hybridized carbons (Fsp3) is 0.250. The van der Waals surface area contributed by atoms with Gasteiger partial charge in [0.2, 0.25) is 5.78 Å². The van der Waals surface area contributed by atoms with Gasteiger partial charge in [-0.05, 0) is 25.0 Å². The molecule has 0 aromatic carbocycles. The summed E-state index contributed by atoms with van der Waals surface area (Å²) < 4.78 is 1.94. The largest absolute Gasteiger partial charge is 0.376 e. The molecule has 0 saturated carbocycles. The van der Waals surface area contributed by atoms with Gasteiger partial charge in [0.25, 0.3) is 11.1 Å². The number of hydrogen-bond donors (Lipinski definition) is 1. The number of ketones is 2. The molecular weight excluding hydrogens is 300 g/mol. The van der Waals surface area contributed by atoms with Crippen molar-refractivity contribution in [1.29, 1.82) is 0 Å². The van der Waals surface area contributed by atoms with Gasteiger partial charge in [0, 0.05) is 19.2 Å². The minimum Gasteiger partial charge on any atom is -0.376 e. The Morgan fingerprint density at radius 3 is 1.96 bits per heavy atom. The first-order chi connectivity index (χ1) is 10.8. The molecule has 1 aliphatic carbocycles. The molecule has 2 aromatic heterocycles. The van der Waals surface area contributed by atoms with Crippen molar-refractivity contribution in [2.75, 3.05) is 0 Å². The van der Waals surface area contributed by atoms with Gasteiger partial charge in [-0.3, -0.25) is 23.7 Å². The average molecular weight is 314 g/mol. The monoisotopic (exact) mass is 314 g/mol. The lowest BCUT2D eigenvalue weighted by Gasteiger charge is -2.24. The van der Waals surface area contributed by atoms with Crippen LogP contribution < -0.4 is 11.1 Å². The molecule has 0 unspecified atom stereocenters. The number of aliphatic hydroxyl groups is 1. The Morgan fingerprint density at radius 2 is 1.39 bits per heavy atom. The summed E-state index contributed by atoms with van der Waals surface area (Å²) in [6, 6.07) is 2.51. The van der Waals surface area contributed by atoms with Crippen molar-refractivity contribution in [1.82, 2.24) is 9.13 Å². The molecule has 1 N–H and O–H groups in total. The third kappa shape index (κ3) is 1.86. The highest BCUT2D eigenvalue weighted by molar-refractivity contribution is 6.28. The summed E-state index contributed by atoms with van der Waals surface area (Å²) in [5, 5.41) is 9.43. The predicted molar refractivity (Wildman–Crippen MR) is 80.9 cm³/mol. The van der Waals surface area contributed by atoms with Crippen LogP contribution in [0.3, 0.4) is 0 Å². The Kier molecular flexibility index (Phi) is 3.19. The van der Waals surface area contributed by atoms with Crippen molar-refractivity contribution < 1.29 is 14.7 Å². The number of aryl methyl sites for hydroxylation is 2. The van der Waals surface area contributed by atoms with E-state index in [4.69, 9.17) is 0 Å². The molecule has 0 fully saturated rings. The molecule has 0 spiro atoms. The Labute approximate surface area is 130 Å². The topological polar surface area (TPSA) is 98.4 Å². The van der Waals surface area contributed by atoms with Crippen molar-refractivity contribution in [3.05, 3.63) is 66.5 Å². The van der Waals surface area contributed by atoms with E-state index in [1.54, 1.807) is 13.8 Å². The minimum atomic E-state index is -0.727. The molecule has 3 rings (SSSR count). The highest BCUT2D eigenvalue weighted by Gasteiger charge is 2.37. The highest BCUT2D eigenvalue weighted by atomic mass is 16.3. The lowest BCUT2D eigenvalue weighted by Crippen LogP contribution is -2.38. The summed E-state index contributed by atoms with van der Waals surface area (Å²) in [4.78, 5) is 49.7. The van der Waals surface area contributed by atoms with Gasteiger partial charge in [0.15, 0.2) is 5.78 Å². The van der Waals surface area contributed by atoms with E-state index in [9.17, 15) is 24.3 Å². The molecule has 7 nitrogen and oxygen atoms in total. The zero-order valence-electron chi connectivity index (χ0n) is 12.8. The summed E-state index contributed by atoms with van der Waals surface area (Å²) in [6.07, 6.45) is 0. The molecule has 23 heavy (non-hydrogen) atoms. The van der Waals surface area contributed by atoms with Gasteiger partial charge in [-0.2, -0.15) is 0 Å². The molecular formula is C16H14N2O5. The van der Waals surface area contributed by atoms with Crippen LogP contribution in [-0.4, -0.2) is 25.8 Å². The molecule has 0 radical (unpaired) electrons. The van der Waals surface area contributed by atoms with Gasteiger partial charge < -0.3 is 9.67 Å². The SMILES string of the molecule is Cc1cc(=O)n(C)c2c1C(=O)c1c(C)cc(=O)n(CO)c1C2=O. The van der Waals surface area contributed by atoms with Crippen molar-refractivity contribution in [2.45, 2.75) is 20.6 Å². The van der Waals surface area contributed by atoms with Gasteiger partial charge in [-0.15, -0.1) is 0 Å². The number of carbonyl (C=O) groups is 2. The Morgan fingerprint density at radius 1 is 0.870 bits per heavy atom. The molecule has 1 aliphatic rings. The van der Waals surface area contributed by atoms with Crippen LogP contribution in [0.5, 0.6) is 0 Å². The maximum atomic E-state index is 12.9. The number of aliphatic hydroxyl groups excluding tert-OH is 1. The smallest absolute Gasteiger partial charge is 0.253 e. The summed E-state index contributed by atoms with van der Waals surface area (Å²) in [7, 11) is 1.40. The van der Waals surface area contributed by atoms with E-state index in [0.717, 1.165) is 9.13 Å². The Balaban J connectivity index is 2.53. The fourth-order valence-corrected chi connectivity index (χ4v) is 3.04. The van der Waals surface area contributed by atoms with E-state index >= 15 is 0 Å². The Bertz CT molecular complexity index is 1010. The molecule has 7 heteroatoms. The normalized spacial score (nSPS) is 13.0. The van der Waals surface area contributed by atoms with Crippen molar-refractivity contribution in [2.24, 2.45) is 7.05 Å². The first-order valence-corrected chi connectivity index (χ1v) is 6.95. The molecule has 0 amide bonds. The first-order valence-electron chi connectivity index (χ1n) is 6.95. The predicted octanol–water partition coefficient (Wildman–Crippen LogP) is -0.111. The quantitative estimate of drug-likeness (QED) is 0.676. The van der Waals surface area contributed by atoms with Gasteiger partial charge in [-0.25, -0.2) is 0 Å². The van der Waals surface area contributed by atoms with Gasteiger partial charge in [0.05, 0.1) is 11.1 Å². The third-order valence-corrected chi connectivity index (χ3v) is 4.17. The highest BCUT2D eigenvalue weighted by Crippen LogP contribution is 2.29. The fourth-order valence-electron chi connectivity index (χ4n) is 3.04. The number of nitrogens with zero attached hydrogens (tertiary/aromatic N) is 2. The summed E-state index contributed by atoms with van der Waals surface area (Å²) in [6.45, 7) is 2.43. The lowest BCUT2D eigenvalue weighted by molar-refractivity contribution is 0.0951. The number of fused-ring (bicyclic) bond motifs is 2. The maximum absolute atomic E-state index is 12.9.